The van der Waals surface area contributed by atoms with Gasteiger partial charge < -0.3 is 5.32 Å². The Kier molecular flexibility index (Phi) is 4.68. The molecule has 0 spiro atoms. The lowest BCUT2D eigenvalue weighted by Crippen LogP contribution is -2.45. The van der Waals surface area contributed by atoms with Gasteiger partial charge in [0.15, 0.2) is 0 Å². The van der Waals surface area contributed by atoms with Crippen molar-refractivity contribution in [2.75, 3.05) is 26.2 Å². The minimum Gasteiger partial charge on any atom is -0.314 e. The molecule has 1 unspecified atom stereocenters. The van der Waals surface area contributed by atoms with Gasteiger partial charge in [0, 0.05) is 43.0 Å². The minimum atomic E-state index is 0.299. The molecule has 3 rings (SSSR count). The standard InChI is InChI=1S/C17H20BrN3/c1-13-12-20-6-5-16(13)17(21-9-7-19-8-10-21)14-3-2-4-15(18)11-14/h2-6,11-12,17,19H,7-10H2,1H3. The molecule has 0 amide bonds. The number of aryl methyl sites for hydroxylation is 1. The Morgan fingerprint density at radius 2 is 2.05 bits per heavy atom. The molecule has 110 valence electrons. The number of piperazine rings is 1. The summed E-state index contributed by atoms with van der Waals surface area (Å²) in [4.78, 5) is 6.80. The fourth-order valence-electron chi connectivity index (χ4n) is 3.00. The highest BCUT2D eigenvalue weighted by atomic mass is 79.9. The zero-order chi connectivity index (χ0) is 14.7. The molecule has 0 bridgehead atoms. The predicted octanol–water partition coefficient (Wildman–Crippen LogP) is 3.15. The second-order valence-corrected chi connectivity index (χ2v) is 6.39. The summed E-state index contributed by atoms with van der Waals surface area (Å²) in [6, 6.07) is 11.1. The first-order chi connectivity index (χ1) is 10.3. The van der Waals surface area contributed by atoms with Crippen molar-refractivity contribution in [2.45, 2.75) is 13.0 Å². The first-order valence-electron chi connectivity index (χ1n) is 7.36. The van der Waals surface area contributed by atoms with Crippen LogP contribution in [0.3, 0.4) is 0 Å². The summed E-state index contributed by atoms with van der Waals surface area (Å²) in [5.41, 5.74) is 3.94. The number of nitrogens with one attached hydrogen (secondary N) is 1. The van der Waals surface area contributed by atoms with E-state index in [0.29, 0.717) is 6.04 Å². The summed E-state index contributed by atoms with van der Waals surface area (Å²) < 4.78 is 1.13. The Morgan fingerprint density at radius 3 is 2.76 bits per heavy atom. The van der Waals surface area contributed by atoms with Crippen LogP contribution in [0, 0.1) is 6.92 Å². The molecule has 4 heteroatoms. The fourth-order valence-corrected chi connectivity index (χ4v) is 3.41. The minimum absolute atomic E-state index is 0.299. The van der Waals surface area contributed by atoms with Crippen LogP contribution in [0.4, 0.5) is 0 Å². The Morgan fingerprint density at radius 1 is 1.24 bits per heavy atom. The number of rotatable bonds is 3. The maximum atomic E-state index is 4.24. The first-order valence-corrected chi connectivity index (χ1v) is 8.16. The molecule has 21 heavy (non-hydrogen) atoms. The largest absolute Gasteiger partial charge is 0.314 e. The lowest BCUT2D eigenvalue weighted by atomic mass is 9.94. The van der Waals surface area contributed by atoms with Crippen LogP contribution in [0.5, 0.6) is 0 Å². The summed E-state index contributed by atoms with van der Waals surface area (Å²) in [6.07, 6.45) is 3.86. The van der Waals surface area contributed by atoms with Crippen LogP contribution in [-0.2, 0) is 0 Å². The Balaban J connectivity index is 2.04. The number of benzene rings is 1. The number of halogens is 1. The molecule has 2 aromatic rings. The van der Waals surface area contributed by atoms with Crippen molar-refractivity contribution < 1.29 is 0 Å². The molecule has 1 aliphatic heterocycles. The monoisotopic (exact) mass is 345 g/mol. The van der Waals surface area contributed by atoms with E-state index in [2.05, 4.69) is 68.4 Å². The molecule has 1 atom stereocenters. The Hall–Kier alpha value is -1.23. The van der Waals surface area contributed by atoms with Gasteiger partial charge in [0.2, 0.25) is 0 Å². The van der Waals surface area contributed by atoms with E-state index < -0.39 is 0 Å². The van der Waals surface area contributed by atoms with Crippen LogP contribution < -0.4 is 5.32 Å². The zero-order valence-electron chi connectivity index (χ0n) is 12.2. The van der Waals surface area contributed by atoms with Crippen molar-refractivity contribution in [3.05, 3.63) is 63.9 Å². The number of nitrogens with zero attached hydrogens (tertiary/aromatic N) is 2. The summed E-state index contributed by atoms with van der Waals surface area (Å²) in [5.74, 6) is 0. The van der Waals surface area contributed by atoms with Gasteiger partial charge in [-0.25, -0.2) is 0 Å². The summed E-state index contributed by atoms with van der Waals surface area (Å²) in [5, 5.41) is 3.44. The second-order valence-electron chi connectivity index (χ2n) is 5.48. The van der Waals surface area contributed by atoms with Crippen molar-refractivity contribution in [1.29, 1.82) is 0 Å². The van der Waals surface area contributed by atoms with Gasteiger partial charge in [0.1, 0.15) is 0 Å². The third-order valence-electron chi connectivity index (χ3n) is 4.04. The number of pyridine rings is 1. The summed E-state index contributed by atoms with van der Waals surface area (Å²) >= 11 is 3.60. The van der Waals surface area contributed by atoms with Gasteiger partial charge in [-0.1, -0.05) is 28.1 Å². The van der Waals surface area contributed by atoms with Gasteiger partial charge in [-0.2, -0.15) is 0 Å². The molecule has 1 aliphatic rings. The van der Waals surface area contributed by atoms with Crippen molar-refractivity contribution in [1.82, 2.24) is 15.2 Å². The normalized spacial score (nSPS) is 17.6. The molecule has 1 aromatic heterocycles. The van der Waals surface area contributed by atoms with Gasteiger partial charge in [0.05, 0.1) is 6.04 Å². The van der Waals surface area contributed by atoms with E-state index in [0.717, 1.165) is 30.7 Å². The molecule has 1 fully saturated rings. The smallest absolute Gasteiger partial charge is 0.0606 e. The third kappa shape index (κ3) is 3.34. The Labute approximate surface area is 134 Å². The van der Waals surface area contributed by atoms with Crippen LogP contribution in [0.1, 0.15) is 22.7 Å². The maximum Gasteiger partial charge on any atom is 0.0606 e. The highest BCUT2D eigenvalue weighted by molar-refractivity contribution is 9.10. The highest BCUT2D eigenvalue weighted by Gasteiger charge is 2.25. The van der Waals surface area contributed by atoms with Crippen LogP contribution >= 0.6 is 15.9 Å². The number of hydrogen-bond acceptors (Lipinski definition) is 3. The van der Waals surface area contributed by atoms with Crippen molar-refractivity contribution in [3.8, 4) is 0 Å². The van der Waals surface area contributed by atoms with E-state index in [1.165, 1.54) is 16.7 Å². The second kappa shape index (κ2) is 6.69. The van der Waals surface area contributed by atoms with Crippen LogP contribution in [0.15, 0.2) is 47.2 Å². The molecule has 0 saturated carbocycles. The van der Waals surface area contributed by atoms with Crippen molar-refractivity contribution in [2.24, 2.45) is 0 Å². The van der Waals surface area contributed by atoms with E-state index in [4.69, 9.17) is 0 Å². The SMILES string of the molecule is Cc1cnccc1C(c1cccc(Br)c1)N1CCNCC1. The van der Waals surface area contributed by atoms with Crippen molar-refractivity contribution in [3.63, 3.8) is 0 Å². The maximum absolute atomic E-state index is 4.24. The molecule has 1 aromatic carbocycles. The molecule has 1 saturated heterocycles. The number of hydrogen-bond donors (Lipinski definition) is 1. The lowest BCUT2D eigenvalue weighted by Gasteiger charge is -2.36. The molecule has 2 heterocycles. The average Bonchev–Trinajstić information content (AvgIpc) is 2.51. The average molecular weight is 346 g/mol. The van der Waals surface area contributed by atoms with E-state index in [9.17, 15) is 0 Å². The van der Waals surface area contributed by atoms with Gasteiger partial charge in [-0.3, -0.25) is 9.88 Å². The van der Waals surface area contributed by atoms with E-state index in [1.54, 1.807) is 0 Å². The molecular weight excluding hydrogens is 326 g/mol. The number of aromatic nitrogens is 1. The van der Waals surface area contributed by atoms with Crippen LogP contribution in [0.2, 0.25) is 0 Å². The van der Waals surface area contributed by atoms with E-state index in [-0.39, 0.29) is 0 Å². The van der Waals surface area contributed by atoms with Gasteiger partial charge in [-0.15, -0.1) is 0 Å². The molecule has 0 radical (unpaired) electrons. The van der Waals surface area contributed by atoms with E-state index >= 15 is 0 Å². The van der Waals surface area contributed by atoms with Crippen molar-refractivity contribution >= 4 is 15.9 Å². The zero-order valence-corrected chi connectivity index (χ0v) is 13.8. The van der Waals surface area contributed by atoms with Gasteiger partial charge >= 0.3 is 0 Å². The molecule has 1 N–H and O–H groups in total. The lowest BCUT2D eigenvalue weighted by molar-refractivity contribution is 0.198. The Bertz CT molecular complexity index is 608. The van der Waals surface area contributed by atoms with Gasteiger partial charge in [0.25, 0.3) is 0 Å². The predicted molar refractivity (Wildman–Crippen MR) is 89.4 cm³/mol. The third-order valence-corrected chi connectivity index (χ3v) is 4.53. The first kappa shape index (κ1) is 14.7. The molecule has 0 aliphatic carbocycles. The van der Waals surface area contributed by atoms with Crippen LogP contribution in [0.25, 0.3) is 0 Å². The summed E-state index contributed by atoms with van der Waals surface area (Å²) in [7, 11) is 0. The summed E-state index contributed by atoms with van der Waals surface area (Å²) in [6.45, 7) is 6.39. The van der Waals surface area contributed by atoms with E-state index in [1.807, 2.05) is 12.4 Å². The highest BCUT2D eigenvalue weighted by Crippen LogP contribution is 2.31. The van der Waals surface area contributed by atoms with Gasteiger partial charge in [-0.05, 0) is 41.8 Å². The molecular formula is C17H20BrN3. The quantitative estimate of drug-likeness (QED) is 0.926. The fraction of sp³-hybridized carbons (Fsp3) is 0.353. The van der Waals surface area contributed by atoms with Crippen LogP contribution in [-0.4, -0.2) is 36.1 Å². The topological polar surface area (TPSA) is 28.2 Å². The molecule has 3 nitrogen and oxygen atoms in total.